The lowest BCUT2D eigenvalue weighted by Crippen LogP contribution is -2.40. The quantitative estimate of drug-likeness (QED) is 0.464. The van der Waals surface area contributed by atoms with E-state index in [0.29, 0.717) is 32.0 Å². The van der Waals surface area contributed by atoms with E-state index >= 15 is 0 Å². The van der Waals surface area contributed by atoms with E-state index in [9.17, 15) is 4.79 Å². The lowest BCUT2D eigenvalue weighted by molar-refractivity contribution is 0.0929. The summed E-state index contributed by atoms with van der Waals surface area (Å²) in [5, 5.41) is 3.82. The number of carbonyl (C=O) groups excluding carboxylic acids is 1. The Labute approximate surface area is 152 Å². The summed E-state index contributed by atoms with van der Waals surface area (Å²) in [6, 6.07) is 17.8. The number of benzene rings is 2. The summed E-state index contributed by atoms with van der Waals surface area (Å²) in [5.74, 6) is -0.184. The first-order valence-corrected chi connectivity index (χ1v) is 8.67. The van der Waals surface area contributed by atoms with Gasteiger partial charge in [0.25, 0.3) is 5.91 Å². The summed E-state index contributed by atoms with van der Waals surface area (Å²) in [5.41, 5.74) is 14.9. The molecule has 3 rings (SSSR count). The molecule has 0 aliphatic heterocycles. The van der Waals surface area contributed by atoms with Gasteiger partial charge >= 0.3 is 0 Å². The van der Waals surface area contributed by atoms with Gasteiger partial charge in [-0.1, -0.05) is 42.5 Å². The van der Waals surface area contributed by atoms with Gasteiger partial charge in [0.1, 0.15) is 5.69 Å². The molecule has 1 heterocycles. The van der Waals surface area contributed by atoms with Crippen LogP contribution in [-0.4, -0.2) is 43.2 Å². The van der Waals surface area contributed by atoms with Crippen LogP contribution in [-0.2, 0) is 4.74 Å². The predicted octanol–water partition coefficient (Wildman–Crippen LogP) is 1.87. The van der Waals surface area contributed by atoms with E-state index in [1.165, 1.54) is 0 Å². The third-order valence-electron chi connectivity index (χ3n) is 4.09. The summed E-state index contributed by atoms with van der Waals surface area (Å²) in [6.07, 6.45) is 0. The Hall–Kier alpha value is -2.67. The number of hydrogen-bond donors (Lipinski definition) is 4. The molecule has 0 aliphatic carbocycles. The first kappa shape index (κ1) is 18.1. The van der Waals surface area contributed by atoms with Gasteiger partial charge in [-0.2, -0.15) is 0 Å². The van der Waals surface area contributed by atoms with Crippen molar-refractivity contribution in [2.24, 2.45) is 11.5 Å². The average Bonchev–Trinajstić information content (AvgIpc) is 3.10. The molecule has 0 aliphatic rings. The molecule has 0 saturated heterocycles. The monoisotopic (exact) mass is 352 g/mol. The van der Waals surface area contributed by atoms with E-state index in [4.69, 9.17) is 16.2 Å². The normalized spacial score (nSPS) is 12.2. The Kier molecular flexibility index (Phi) is 6.01. The lowest BCUT2D eigenvalue weighted by atomic mass is 10.0. The minimum Gasteiger partial charge on any atom is -0.378 e. The lowest BCUT2D eigenvalue weighted by Gasteiger charge is -2.12. The number of hydrogen-bond acceptors (Lipinski definition) is 4. The smallest absolute Gasteiger partial charge is 0.267 e. The molecule has 3 aromatic rings. The van der Waals surface area contributed by atoms with Crippen molar-refractivity contribution in [3.8, 4) is 11.1 Å². The minimum absolute atomic E-state index is 0.184. The van der Waals surface area contributed by atoms with Crippen LogP contribution in [0.1, 0.15) is 10.5 Å². The van der Waals surface area contributed by atoms with Crippen LogP contribution in [0.5, 0.6) is 0 Å². The van der Waals surface area contributed by atoms with Crippen LogP contribution in [0.15, 0.2) is 54.6 Å². The van der Waals surface area contributed by atoms with Crippen molar-refractivity contribution < 1.29 is 9.53 Å². The van der Waals surface area contributed by atoms with Gasteiger partial charge in [0.05, 0.1) is 13.2 Å². The molecule has 0 fully saturated rings. The Morgan fingerprint density at radius 2 is 1.92 bits per heavy atom. The second-order valence-electron chi connectivity index (χ2n) is 6.18. The summed E-state index contributed by atoms with van der Waals surface area (Å²) in [6.45, 7) is 1.63. The zero-order valence-corrected chi connectivity index (χ0v) is 14.6. The Bertz CT molecular complexity index is 861. The van der Waals surface area contributed by atoms with Crippen molar-refractivity contribution in [1.82, 2.24) is 10.3 Å². The molecule has 1 amide bonds. The topological polar surface area (TPSA) is 106 Å². The molecular formula is C20H24N4O2. The number of aromatic nitrogens is 1. The third kappa shape index (κ3) is 4.49. The standard InChI is InChI=1S/C20H24N4O2/c21-8-9-26-13-17(22)12-23-20(25)19-11-16-7-6-15(10-18(16)24-19)14-4-2-1-3-5-14/h1-7,10-11,17,24H,8-9,12-13,21-22H2,(H,23,25). The van der Waals surface area contributed by atoms with Crippen molar-refractivity contribution in [2.75, 3.05) is 26.3 Å². The van der Waals surface area contributed by atoms with Gasteiger partial charge < -0.3 is 26.5 Å². The van der Waals surface area contributed by atoms with Crippen LogP contribution in [0.4, 0.5) is 0 Å². The fourth-order valence-electron chi connectivity index (χ4n) is 2.76. The molecule has 1 aromatic heterocycles. The second kappa shape index (κ2) is 8.62. The number of fused-ring (bicyclic) bond motifs is 1. The first-order chi connectivity index (χ1) is 12.7. The van der Waals surface area contributed by atoms with E-state index < -0.39 is 0 Å². The first-order valence-electron chi connectivity index (χ1n) is 8.67. The molecule has 0 bridgehead atoms. The highest BCUT2D eigenvalue weighted by Gasteiger charge is 2.12. The molecule has 0 radical (unpaired) electrons. The molecule has 2 aromatic carbocycles. The fraction of sp³-hybridized carbons (Fsp3) is 0.250. The van der Waals surface area contributed by atoms with E-state index in [2.05, 4.69) is 28.5 Å². The van der Waals surface area contributed by atoms with Gasteiger partial charge in [-0.3, -0.25) is 4.79 Å². The molecule has 6 heteroatoms. The second-order valence-corrected chi connectivity index (χ2v) is 6.18. The number of rotatable bonds is 8. The molecule has 6 nitrogen and oxygen atoms in total. The number of ether oxygens (including phenoxy) is 1. The van der Waals surface area contributed by atoms with Gasteiger partial charge in [0.15, 0.2) is 0 Å². The maximum Gasteiger partial charge on any atom is 0.267 e. The number of amides is 1. The average molecular weight is 352 g/mol. The van der Waals surface area contributed by atoms with Crippen molar-refractivity contribution >= 4 is 16.8 Å². The summed E-state index contributed by atoms with van der Waals surface area (Å²) < 4.78 is 5.28. The minimum atomic E-state index is -0.264. The molecular weight excluding hydrogens is 328 g/mol. The molecule has 0 spiro atoms. The number of carbonyl (C=O) groups is 1. The number of nitrogens with two attached hydrogens (primary N) is 2. The van der Waals surface area contributed by atoms with Crippen LogP contribution in [0.2, 0.25) is 0 Å². The maximum absolute atomic E-state index is 12.3. The molecule has 0 saturated carbocycles. The predicted molar refractivity (Wildman–Crippen MR) is 104 cm³/mol. The summed E-state index contributed by atoms with van der Waals surface area (Å²) >= 11 is 0. The van der Waals surface area contributed by atoms with Crippen molar-refractivity contribution in [3.63, 3.8) is 0 Å². The number of nitrogens with one attached hydrogen (secondary N) is 2. The molecule has 136 valence electrons. The van der Waals surface area contributed by atoms with Crippen molar-refractivity contribution in [1.29, 1.82) is 0 Å². The van der Waals surface area contributed by atoms with Crippen molar-refractivity contribution in [3.05, 3.63) is 60.3 Å². The molecule has 26 heavy (non-hydrogen) atoms. The van der Waals surface area contributed by atoms with Gasteiger partial charge in [-0.05, 0) is 23.3 Å². The highest BCUT2D eigenvalue weighted by Crippen LogP contribution is 2.24. The highest BCUT2D eigenvalue weighted by molar-refractivity contribution is 5.98. The highest BCUT2D eigenvalue weighted by atomic mass is 16.5. The maximum atomic E-state index is 12.3. The van der Waals surface area contributed by atoms with Crippen LogP contribution in [0, 0.1) is 0 Å². The third-order valence-corrected chi connectivity index (χ3v) is 4.09. The van der Waals surface area contributed by atoms with Gasteiger partial charge in [-0.25, -0.2) is 0 Å². The van der Waals surface area contributed by atoms with Crippen molar-refractivity contribution in [2.45, 2.75) is 6.04 Å². The van der Waals surface area contributed by atoms with E-state index in [-0.39, 0.29) is 11.9 Å². The van der Waals surface area contributed by atoms with Crippen LogP contribution in [0.25, 0.3) is 22.0 Å². The summed E-state index contributed by atoms with van der Waals surface area (Å²) in [4.78, 5) is 15.5. The van der Waals surface area contributed by atoms with E-state index in [1.54, 1.807) is 0 Å². The molecule has 6 N–H and O–H groups in total. The Morgan fingerprint density at radius 3 is 2.69 bits per heavy atom. The Balaban J connectivity index is 1.66. The summed E-state index contributed by atoms with van der Waals surface area (Å²) in [7, 11) is 0. The van der Waals surface area contributed by atoms with Gasteiger partial charge in [-0.15, -0.1) is 0 Å². The Morgan fingerprint density at radius 1 is 1.12 bits per heavy atom. The van der Waals surface area contributed by atoms with Crippen LogP contribution < -0.4 is 16.8 Å². The number of aromatic amines is 1. The zero-order valence-electron chi connectivity index (χ0n) is 14.6. The number of H-pyrrole nitrogens is 1. The zero-order chi connectivity index (χ0) is 18.4. The SMILES string of the molecule is NCCOCC(N)CNC(=O)c1cc2ccc(-c3ccccc3)cc2[nH]1. The van der Waals surface area contributed by atoms with Crippen LogP contribution in [0.3, 0.4) is 0 Å². The largest absolute Gasteiger partial charge is 0.378 e. The van der Waals surface area contributed by atoms with E-state index in [1.807, 2.05) is 36.4 Å². The molecule has 1 unspecified atom stereocenters. The van der Waals surface area contributed by atoms with Gasteiger partial charge in [0, 0.05) is 30.0 Å². The van der Waals surface area contributed by atoms with Crippen LogP contribution >= 0.6 is 0 Å². The van der Waals surface area contributed by atoms with Gasteiger partial charge in [0.2, 0.25) is 0 Å². The molecule has 1 atom stereocenters. The van der Waals surface area contributed by atoms with E-state index in [0.717, 1.165) is 22.0 Å². The fourth-order valence-corrected chi connectivity index (χ4v) is 2.76.